The molecule has 3 heterocycles. The van der Waals surface area contributed by atoms with E-state index in [0.29, 0.717) is 29.6 Å². The van der Waals surface area contributed by atoms with Crippen LogP contribution in [0.3, 0.4) is 0 Å². The minimum Gasteiger partial charge on any atom is -0.341 e. The number of pyridine rings is 1. The van der Waals surface area contributed by atoms with E-state index in [1.165, 1.54) is 0 Å². The van der Waals surface area contributed by atoms with Crippen molar-refractivity contribution in [1.82, 2.24) is 14.8 Å². The number of nitrogens with zero attached hydrogens (tertiary/aromatic N) is 3. The van der Waals surface area contributed by atoms with E-state index in [9.17, 15) is 14.4 Å². The molecule has 2 aliphatic heterocycles. The molecule has 1 aromatic rings. The number of likely N-dealkylation sites (tertiary alicyclic amines) is 1. The molecule has 2 aliphatic rings. The molecule has 0 atom stereocenters. The Hall–Kier alpha value is -2.15. The highest BCUT2D eigenvalue weighted by Gasteiger charge is 2.37. The number of piperidine rings is 1. The average Bonchev–Trinajstić information content (AvgIpc) is 2.84. The van der Waals surface area contributed by atoms with E-state index in [-0.39, 0.29) is 12.5 Å². The molecule has 0 bridgehead atoms. The predicted molar refractivity (Wildman–Crippen MR) is 91.9 cm³/mol. The minimum absolute atomic E-state index is 0.164. The Morgan fingerprint density at radius 3 is 2.75 bits per heavy atom. The van der Waals surface area contributed by atoms with Gasteiger partial charge in [0.05, 0.1) is 10.6 Å². The van der Waals surface area contributed by atoms with Gasteiger partial charge >= 0.3 is 0 Å². The van der Waals surface area contributed by atoms with E-state index in [0.717, 1.165) is 29.5 Å². The van der Waals surface area contributed by atoms with Crippen LogP contribution in [0, 0.1) is 5.92 Å². The number of thioether (sulfide) groups is 1. The molecule has 0 unspecified atom stereocenters. The molecule has 126 valence electrons. The van der Waals surface area contributed by atoms with Gasteiger partial charge in [-0.3, -0.25) is 24.3 Å². The SMILES string of the molecule is CC1CCN(C(=O)CN2C(=O)S/C(=C\c3ccccn3)C2=O)CC1. The monoisotopic (exact) mass is 345 g/mol. The molecule has 0 aliphatic carbocycles. The third-order valence-corrected chi connectivity index (χ3v) is 5.18. The van der Waals surface area contributed by atoms with Crippen LogP contribution < -0.4 is 0 Å². The first kappa shape index (κ1) is 16.7. The highest BCUT2D eigenvalue weighted by Crippen LogP contribution is 2.32. The van der Waals surface area contributed by atoms with Crippen LogP contribution in [0.15, 0.2) is 29.3 Å². The number of amides is 3. The fourth-order valence-electron chi connectivity index (χ4n) is 2.73. The second kappa shape index (κ2) is 7.17. The summed E-state index contributed by atoms with van der Waals surface area (Å²) in [5, 5.41) is -0.402. The average molecular weight is 345 g/mol. The van der Waals surface area contributed by atoms with Crippen molar-refractivity contribution >= 4 is 34.9 Å². The summed E-state index contributed by atoms with van der Waals surface area (Å²) in [7, 11) is 0. The normalized spacial score (nSPS) is 21.0. The Morgan fingerprint density at radius 2 is 2.08 bits per heavy atom. The smallest absolute Gasteiger partial charge is 0.294 e. The number of imide groups is 1. The molecular weight excluding hydrogens is 326 g/mol. The lowest BCUT2D eigenvalue weighted by Gasteiger charge is -2.31. The Kier molecular flexibility index (Phi) is 4.99. The highest BCUT2D eigenvalue weighted by molar-refractivity contribution is 8.18. The van der Waals surface area contributed by atoms with Crippen molar-refractivity contribution < 1.29 is 14.4 Å². The van der Waals surface area contributed by atoms with Crippen molar-refractivity contribution in [3.8, 4) is 0 Å². The maximum Gasteiger partial charge on any atom is 0.294 e. The fraction of sp³-hybridized carbons (Fsp3) is 0.412. The molecule has 2 saturated heterocycles. The van der Waals surface area contributed by atoms with Gasteiger partial charge in [-0.25, -0.2) is 0 Å². The molecule has 3 rings (SSSR count). The maximum atomic E-state index is 12.4. The number of hydrogen-bond donors (Lipinski definition) is 0. The van der Waals surface area contributed by atoms with Crippen LogP contribution in [0.25, 0.3) is 6.08 Å². The number of hydrogen-bond acceptors (Lipinski definition) is 5. The van der Waals surface area contributed by atoms with Crippen LogP contribution in [0.4, 0.5) is 4.79 Å². The summed E-state index contributed by atoms with van der Waals surface area (Å²) in [6, 6.07) is 5.35. The minimum atomic E-state index is -0.422. The van der Waals surface area contributed by atoms with E-state index in [2.05, 4.69) is 11.9 Å². The van der Waals surface area contributed by atoms with E-state index >= 15 is 0 Å². The number of aromatic nitrogens is 1. The third-order valence-electron chi connectivity index (χ3n) is 4.27. The topological polar surface area (TPSA) is 70.6 Å². The first-order valence-electron chi connectivity index (χ1n) is 7.99. The molecule has 24 heavy (non-hydrogen) atoms. The molecule has 0 aromatic carbocycles. The molecule has 0 radical (unpaired) electrons. The summed E-state index contributed by atoms with van der Waals surface area (Å²) in [4.78, 5) is 44.1. The van der Waals surface area contributed by atoms with Crippen LogP contribution in [0.5, 0.6) is 0 Å². The molecule has 7 heteroatoms. The highest BCUT2D eigenvalue weighted by atomic mass is 32.2. The Bertz CT molecular complexity index is 682. The van der Waals surface area contributed by atoms with Gasteiger partial charge < -0.3 is 4.90 Å². The first-order chi connectivity index (χ1) is 11.5. The summed E-state index contributed by atoms with van der Waals surface area (Å²) in [5.74, 6) is 0.0326. The second-order valence-electron chi connectivity index (χ2n) is 6.09. The third kappa shape index (κ3) is 3.67. The zero-order chi connectivity index (χ0) is 17.1. The Balaban J connectivity index is 1.66. The molecule has 1 aromatic heterocycles. The summed E-state index contributed by atoms with van der Waals surface area (Å²) in [6.07, 6.45) is 5.13. The van der Waals surface area contributed by atoms with E-state index < -0.39 is 11.1 Å². The summed E-state index contributed by atoms with van der Waals surface area (Å²) in [6.45, 7) is 3.37. The van der Waals surface area contributed by atoms with Crippen LogP contribution >= 0.6 is 11.8 Å². The van der Waals surface area contributed by atoms with Gasteiger partial charge in [0.15, 0.2) is 0 Å². The Morgan fingerprint density at radius 1 is 1.33 bits per heavy atom. The molecular formula is C17H19N3O3S. The van der Waals surface area contributed by atoms with Gasteiger partial charge in [0, 0.05) is 19.3 Å². The van der Waals surface area contributed by atoms with Crippen molar-refractivity contribution in [1.29, 1.82) is 0 Å². The van der Waals surface area contributed by atoms with Crippen molar-refractivity contribution in [2.75, 3.05) is 19.6 Å². The molecule has 0 spiro atoms. The van der Waals surface area contributed by atoms with Gasteiger partial charge in [0.25, 0.3) is 11.1 Å². The zero-order valence-electron chi connectivity index (χ0n) is 13.5. The van der Waals surface area contributed by atoms with Gasteiger partial charge in [-0.15, -0.1) is 0 Å². The van der Waals surface area contributed by atoms with Gasteiger partial charge in [-0.05, 0) is 48.7 Å². The lowest BCUT2D eigenvalue weighted by Crippen LogP contribution is -2.45. The van der Waals surface area contributed by atoms with Crippen molar-refractivity contribution in [2.24, 2.45) is 5.92 Å². The van der Waals surface area contributed by atoms with Crippen molar-refractivity contribution in [3.05, 3.63) is 35.0 Å². The van der Waals surface area contributed by atoms with Crippen LogP contribution in [0.2, 0.25) is 0 Å². The van der Waals surface area contributed by atoms with Gasteiger partial charge in [0.1, 0.15) is 6.54 Å². The number of rotatable bonds is 3. The van der Waals surface area contributed by atoms with Gasteiger partial charge in [-0.2, -0.15) is 0 Å². The fourth-order valence-corrected chi connectivity index (χ4v) is 3.55. The molecule has 2 fully saturated rings. The standard InChI is InChI=1S/C17H19N3O3S/c1-12-5-8-19(9-6-12)15(21)11-20-16(22)14(24-17(20)23)10-13-4-2-3-7-18-13/h2-4,7,10,12H,5-6,8-9,11H2,1H3/b14-10-. The van der Waals surface area contributed by atoms with Crippen LogP contribution in [-0.4, -0.2) is 51.5 Å². The zero-order valence-corrected chi connectivity index (χ0v) is 14.3. The summed E-state index contributed by atoms with van der Waals surface area (Å²) < 4.78 is 0. The maximum absolute atomic E-state index is 12.4. The molecule has 6 nitrogen and oxygen atoms in total. The lowest BCUT2D eigenvalue weighted by molar-refractivity contribution is -0.136. The molecule has 0 saturated carbocycles. The Labute approximate surface area is 144 Å². The van der Waals surface area contributed by atoms with E-state index in [1.807, 2.05) is 6.07 Å². The summed E-state index contributed by atoms with van der Waals surface area (Å²) >= 11 is 0.853. The molecule has 3 amide bonds. The lowest BCUT2D eigenvalue weighted by atomic mass is 9.99. The first-order valence-corrected chi connectivity index (χ1v) is 8.80. The molecule has 0 N–H and O–H groups in total. The van der Waals surface area contributed by atoms with Crippen molar-refractivity contribution in [3.63, 3.8) is 0 Å². The van der Waals surface area contributed by atoms with E-state index in [4.69, 9.17) is 0 Å². The largest absolute Gasteiger partial charge is 0.341 e. The van der Waals surface area contributed by atoms with Crippen LogP contribution in [0.1, 0.15) is 25.5 Å². The second-order valence-corrected chi connectivity index (χ2v) is 7.08. The predicted octanol–water partition coefficient (Wildman–Crippen LogP) is 2.38. The number of carbonyl (C=O) groups excluding carboxylic acids is 3. The number of carbonyl (C=O) groups is 3. The van der Waals surface area contributed by atoms with Gasteiger partial charge in [-0.1, -0.05) is 13.0 Å². The summed E-state index contributed by atoms with van der Waals surface area (Å²) in [5.41, 5.74) is 0.611. The van der Waals surface area contributed by atoms with Crippen LogP contribution in [-0.2, 0) is 9.59 Å². The quantitative estimate of drug-likeness (QED) is 0.787. The van der Waals surface area contributed by atoms with E-state index in [1.54, 1.807) is 29.3 Å². The van der Waals surface area contributed by atoms with Crippen molar-refractivity contribution in [2.45, 2.75) is 19.8 Å². The van der Waals surface area contributed by atoms with Gasteiger partial charge in [0.2, 0.25) is 5.91 Å².